The first kappa shape index (κ1) is 9.95. The molecule has 0 aliphatic rings. The number of carboxylic acids is 1. The summed E-state index contributed by atoms with van der Waals surface area (Å²) in [5.41, 5.74) is 6.43. The molecule has 0 aliphatic carbocycles. The molecule has 1 heterocycles. The van der Waals surface area contributed by atoms with Gasteiger partial charge in [0, 0.05) is 11.3 Å². The minimum Gasteiger partial charge on any atom is -0.480 e. The summed E-state index contributed by atoms with van der Waals surface area (Å²) < 4.78 is 0. The summed E-state index contributed by atoms with van der Waals surface area (Å²) in [6.07, 6.45) is 0. The van der Waals surface area contributed by atoms with Crippen LogP contribution in [-0.4, -0.2) is 16.1 Å². The van der Waals surface area contributed by atoms with Crippen LogP contribution < -0.4 is 5.73 Å². The fourth-order valence-corrected chi connectivity index (χ4v) is 1.21. The van der Waals surface area contributed by atoms with Gasteiger partial charge >= 0.3 is 5.97 Å². The van der Waals surface area contributed by atoms with E-state index in [0.717, 1.165) is 5.69 Å². The summed E-state index contributed by atoms with van der Waals surface area (Å²) >= 11 is 5.71. The number of carboxylic acid groups (broad SMARTS) is 1. The highest BCUT2D eigenvalue weighted by Gasteiger charge is 2.17. The van der Waals surface area contributed by atoms with E-state index in [4.69, 9.17) is 22.4 Å². The molecular weight excluding hydrogens is 192 g/mol. The highest BCUT2D eigenvalue weighted by molar-refractivity contribution is 6.30. The first-order valence-electron chi connectivity index (χ1n) is 3.64. The zero-order chi connectivity index (χ0) is 10.0. The average molecular weight is 201 g/mol. The zero-order valence-electron chi connectivity index (χ0n) is 6.99. The Balaban J connectivity index is 3.08. The molecule has 0 spiro atoms. The van der Waals surface area contributed by atoms with Gasteiger partial charge in [-0.3, -0.25) is 4.79 Å². The van der Waals surface area contributed by atoms with Crippen molar-refractivity contribution in [2.75, 3.05) is 0 Å². The number of carbonyl (C=O) groups is 1. The fraction of sp³-hybridized carbons (Fsp3) is 0.250. The van der Waals surface area contributed by atoms with Crippen LogP contribution in [0.5, 0.6) is 0 Å². The van der Waals surface area contributed by atoms with Gasteiger partial charge in [0.1, 0.15) is 11.2 Å². The fourth-order valence-electron chi connectivity index (χ4n) is 0.901. The lowest BCUT2D eigenvalue weighted by Crippen LogP contribution is -2.21. The van der Waals surface area contributed by atoms with Crippen molar-refractivity contribution in [1.82, 2.24) is 4.98 Å². The number of aliphatic carboxylic acids is 1. The van der Waals surface area contributed by atoms with E-state index in [2.05, 4.69) is 4.98 Å². The second-order valence-corrected chi connectivity index (χ2v) is 3.01. The van der Waals surface area contributed by atoms with Crippen LogP contribution in [0.3, 0.4) is 0 Å². The maximum atomic E-state index is 10.5. The Labute approximate surface area is 80.3 Å². The summed E-state index contributed by atoms with van der Waals surface area (Å²) in [7, 11) is 0. The predicted molar refractivity (Wildman–Crippen MR) is 48.5 cm³/mol. The van der Waals surface area contributed by atoms with Crippen molar-refractivity contribution in [2.45, 2.75) is 13.0 Å². The summed E-state index contributed by atoms with van der Waals surface area (Å²) in [5, 5.41) is 8.77. The first-order valence-corrected chi connectivity index (χ1v) is 4.01. The minimum atomic E-state index is -1.12. The largest absolute Gasteiger partial charge is 0.480 e. The van der Waals surface area contributed by atoms with Gasteiger partial charge < -0.3 is 10.8 Å². The Morgan fingerprint density at radius 2 is 2.31 bits per heavy atom. The number of aromatic nitrogens is 1. The van der Waals surface area contributed by atoms with Crippen LogP contribution in [0.25, 0.3) is 0 Å². The van der Waals surface area contributed by atoms with Crippen LogP contribution in [-0.2, 0) is 4.79 Å². The van der Waals surface area contributed by atoms with E-state index in [1.54, 1.807) is 19.1 Å². The third-order valence-corrected chi connectivity index (χ3v) is 1.92. The lowest BCUT2D eigenvalue weighted by Gasteiger charge is -2.08. The highest BCUT2D eigenvalue weighted by Crippen LogP contribution is 2.19. The Kier molecular flexibility index (Phi) is 2.85. The molecule has 0 amide bonds. The Morgan fingerprint density at radius 1 is 1.69 bits per heavy atom. The third-order valence-electron chi connectivity index (χ3n) is 1.62. The number of nitrogens with two attached hydrogens (primary N) is 1. The van der Waals surface area contributed by atoms with Crippen LogP contribution in [0, 0.1) is 6.92 Å². The molecule has 0 radical (unpaired) electrons. The molecule has 4 nitrogen and oxygen atoms in total. The van der Waals surface area contributed by atoms with E-state index in [1.807, 2.05) is 0 Å². The van der Waals surface area contributed by atoms with Gasteiger partial charge in [0.25, 0.3) is 0 Å². The lowest BCUT2D eigenvalue weighted by molar-refractivity contribution is -0.138. The van der Waals surface area contributed by atoms with E-state index < -0.39 is 12.0 Å². The summed E-state index contributed by atoms with van der Waals surface area (Å²) in [5.74, 6) is -1.12. The Morgan fingerprint density at radius 3 is 2.77 bits per heavy atom. The highest BCUT2D eigenvalue weighted by atomic mass is 35.5. The topological polar surface area (TPSA) is 76.2 Å². The van der Waals surface area contributed by atoms with Crippen LogP contribution in [0.2, 0.25) is 5.15 Å². The van der Waals surface area contributed by atoms with Crippen LogP contribution in [0.15, 0.2) is 12.1 Å². The molecule has 0 bridgehead atoms. The van der Waals surface area contributed by atoms with E-state index in [9.17, 15) is 4.79 Å². The summed E-state index contributed by atoms with van der Waals surface area (Å²) in [6, 6.07) is 2.13. The van der Waals surface area contributed by atoms with Gasteiger partial charge in [0.15, 0.2) is 0 Å². The molecule has 1 atom stereocenters. The number of aryl methyl sites for hydroxylation is 1. The molecule has 0 fully saturated rings. The summed E-state index contributed by atoms with van der Waals surface area (Å²) in [4.78, 5) is 14.4. The maximum Gasteiger partial charge on any atom is 0.325 e. The minimum absolute atomic E-state index is 0.148. The summed E-state index contributed by atoms with van der Waals surface area (Å²) in [6.45, 7) is 1.77. The van der Waals surface area contributed by atoms with E-state index in [0.29, 0.717) is 5.56 Å². The molecule has 3 N–H and O–H groups in total. The van der Waals surface area contributed by atoms with Gasteiger partial charge in [0.05, 0.1) is 0 Å². The molecule has 0 saturated heterocycles. The van der Waals surface area contributed by atoms with Gasteiger partial charge in [-0.1, -0.05) is 17.7 Å². The predicted octanol–water partition coefficient (Wildman–Crippen LogP) is 1.13. The lowest BCUT2D eigenvalue weighted by atomic mass is 10.1. The molecule has 1 aromatic heterocycles. The molecule has 1 aromatic rings. The van der Waals surface area contributed by atoms with E-state index in [-0.39, 0.29) is 5.15 Å². The number of pyridine rings is 1. The number of nitrogens with zero attached hydrogens (tertiary/aromatic N) is 1. The molecule has 0 saturated carbocycles. The molecule has 0 aromatic carbocycles. The van der Waals surface area contributed by atoms with Crippen molar-refractivity contribution in [3.8, 4) is 0 Å². The van der Waals surface area contributed by atoms with Gasteiger partial charge in [-0.15, -0.1) is 0 Å². The van der Waals surface area contributed by atoms with Gasteiger partial charge in [-0.2, -0.15) is 0 Å². The number of halogens is 1. The molecule has 13 heavy (non-hydrogen) atoms. The Bertz CT molecular complexity index is 341. The second-order valence-electron chi connectivity index (χ2n) is 2.65. The van der Waals surface area contributed by atoms with Crippen molar-refractivity contribution < 1.29 is 9.90 Å². The molecular formula is C8H9ClN2O2. The Hall–Kier alpha value is -1.13. The van der Waals surface area contributed by atoms with E-state index in [1.165, 1.54) is 0 Å². The van der Waals surface area contributed by atoms with Crippen LogP contribution >= 0.6 is 11.6 Å². The van der Waals surface area contributed by atoms with Gasteiger partial charge in [-0.05, 0) is 13.0 Å². The molecule has 70 valence electrons. The molecule has 0 aliphatic heterocycles. The number of hydrogen-bond donors (Lipinski definition) is 2. The molecule has 1 rings (SSSR count). The van der Waals surface area contributed by atoms with Crippen LogP contribution in [0.1, 0.15) is 17.3 Å². The van der Waals surface area contributed by atoms with Crippen molar-refractivity contribution in [2.24, 2.45) is 5.73 Å². The van der Waals surface area contributed by atoms with Gasteiger partial charge in [0.2, 0.25) is 0 Å². The second kappa shape index (κ2) is 3.72. The molecule has 1 unspecified atom stereocenters. The maximum absolute atomic E-state index is 10.5. The quantitative estimate of drug-likeness (QED) is 0.702. The van der Waals surface area contributed by atoms with Gasteiger partial charge in [-0.25, -0.2) is 4.98 Å². The number of rotatable bonds is 2. The monoisotopic (exact) mass is 200 g/mol. The smallest absolute Gasteiger partial charge is 0.325 e. The third kappa shape index (κ3) is 2.17. The number of hydrogen-bond acceptors (Lipinski definition) is 3. The normalized spacial score (nSPS) is 12.5. The van der Waals surface area contributed by atoms with Crippen molar-refractivity contribution in [3.63, 3.8) is 0 Å². The van der Waals surface area contributed by atoms with Crippen molar-refractivity contribution in [3.05, 3.63) is 28.5 Å². The van der Waals surface area contributed by atoms with Crippen molar-refractivity contribution in [1.29, 1.82) is 0 Å². The van der Waals surface area contributed by atoms with E-state index >= 15 is 0 Å². The SMILES string of the molecule is Cc1ccc(C(N)C(=O)O)c(Cl)n1. The molecule has 5 heteroatoms. The van der Waals surface area contributed by atoms with Crippen molar-refractivity contribution >= 4 is 17.6 Å². The average Bonchev–Trinajstić information content (AvgIpc) is 2.03. The first-order chi connectivity index (χ1) is 6.02. The zero-order valence-corrected chi connectivity index (χ0v) is 7.75. The standard InChI is InChI=1S/C8H9ClN2O2/c1-4-2-3-5(7(9)11-4)6(10)8(12)13/h2-3,6H,10H2,1H3,(H,12,13). The van der Waals surface area contributed by atoms with Crippen LogP contribution in [0.4, 0.5) is 0 Å².